The first kappa shape index (κ1) is 13.9. The van der Waals surface area contributed by atoms with Crippen LogP contribution < -0.4 is 10.5 Å². The zero-order valence-corrected chi connectivity index (χ0v) is 12.0. The minimum atomic E-state index is 0.383. The monoisotopic (exact) mass is 261 g/mol. The summed E-state index contributed by atoms with van der Waals surface area (Å²) in [4.78, 5) is 4.70. The summed E-state index contributed by atoms with van der Waals surface area (Å²) in [5.74, 6) is 1.95. The van der Waals surface area contributed by atoms with Crippen LogP contribution in [0.5, 0.6) is 5.75 Å². The van der Waals surface area contributed by atoms with Crippen molar-refractivity contribution in [3.63, 3.8) is 0 Å². The van der Waals surface area contributed by atoms with Gasteiger partial charge in [0.2, 0.25) is 0 Å². The molecule has 1 aromatic heterocycles. The molecule has 104 valence electrons. The van der Waals surface area contributed by atoms with Crippen molar-refractivity contribution in [2.45, 2.75) is 39.7 Å². The fraction of sp³-hybridized carbons (Fsp3) is 0.533. The van der Waals surface area contributed by atoms with E-state index in [9.17, 15) is 0 Å². The first-order chi connectivity index (χ1) is 9.17. The Labute approximate surface area is 114 Å². The molecule has 0 bridgehead atoms. The minimum Gasteiger partial charge on any atom is -0.494 e. The fourth-order valence-corrected chi connectivity index (χ4v) is 2.32. The molecule has 2 rings (SSSR count). The summed E-state index contributed by atoms with van der Waals surface area (Å²) < 4.78 is 7.91. The Morgan fingerprint density at radius 3 is 2.79 bits per heavy atom. The molecule has 0 unspecified atom stereocenters. The van der Waals surface area contributed by atoms with Crippen LogP contribution in [0.1, 0.15) is 39.1 Å². The summed E-state index contributed by atoms with van der Waals surface area (Å²) in [7, 11) is 0. The van der Waals surface area contributed by atoms with Crippen molar-refractivity contribution in [3.8, 4) is 5.75 Å². The average Bonchev–Trinajstić information content (AvgIpc) is 2.74. The third kappa shape index (κ3) is 2.89. The van der Waals surface area contributed by atoms with E-state index in [0.29, 0.717) is 12.6 Å². The molecule has 0 atom stereocenters. The van der Waals surface area contributed by atoms with Crippen LogP contribution >= 0.6 is 0 Å². The number of nitrogens with two attached hydrogens (primary N) is 1. The van der Waals surface area contributed by atoms with E-state index in [-0.39, 0.29) is 0 Å². The van der Waals surface area contributed by atoms with Gasteiger partial charge in [0.25, 0.3) is 0 Å². The number of fused-ring (bicyclic) bond motifs is 1. The van der Waals surface area contributed by atoms with Gasteiger partial charge in [0.15, 0.2) is 0 Å². The first-order valence-corrected chi connectivity index (χ1v) is 7.01. The number of aromatic nitrogens is 2. The molecule has 0 aliphatic carbocycles. The predicted octanol–water partition coefficient (Wildman–Crippen LogP) is 2.91. The quantitative estimate of drug-likeness (QED) is 0.870. The van der Waals surface area contributed by atoms with Crippen molar-refractivity contribution in [1.82, 2.24) is 9.55 Å². The van der Waals surface area contributed by atoms with Gasteiger partial charge < -0.3 is 15.0 Å². The lowest BCUT2D eigenvalue weighted by molar-refractivity contribution is 0.318. The topological polar surface area (TPSA) is 53.1 Å². The molecule has 19 heavy (non-hydrogen) atoms. The van der Waals surface area contributed by atoms with Crippen LogP contribution in [0, 0.1) is 0 Å². The van der Waals surface area contributed by atoms with Crippen LogP contribution in [0.2, 0.25) is 0 Å². The van der Waals surface area contributed by atoms with Crippen LogP contribution in [0.15, 0.2) is 18.2 Å². The van der Waals surface area contributed by atoms with Crippen LogP contribution in [0.25, 0.3) is 11.0 Å². The number of imidazole rings is 1. The highest BCUT2D eigenvalue weighted by molar-refractivity contribution is 5.78. The molecule has 0 amide bonds. The van der Waals surface area contributed by atoms with Crippen molar-refractivity contribution >= 4 is 11.0 Å². The Hall–Kier alpha value is -1.55. The number of ether oxygens (including phenoxy) is 1. The summed E-state index contributed by atoms with van der Waals surface area (Å²) in [5.41, 5.74) is 7.82. The maximum absolute atomic E-state index is 5.67. The maximum atomic E-state index is 5.67. The maximum Gasteiger partial charge on any atom is 0.121 e. The standard InChI is InChI=1S/C15H23N3O/c1-4-9-19-12-5-6-14-13(10-12)17-15(7-8-16)18(14)11(2)3/h5-6,10-11H,4,7-9,16H2,1-3H3. The molecule has 0 spiro atoms. The number of nitrogens with zero attached hydrogens (tertiary/aromatic N) is 2. The molecule has 0 aliphatic rings. The SMILES string of the molecule is CCCOc1ccc2c(c1)nc(CCN)n2C(C)C. The lowest BCUT2D eigenvalue weighted by Crippen LogP contribution is -2.11. The summed E-state index contributed by atoms with van der Waals surface area (Å²) in [6.45, 7) is 7.80. The van der Waals surface area contributed by atoms with Gasteiger partial charge in [-0.15, -0.1) is 0 Å². The highest BCUT2D eigenvalue weighted by Gasteiger charge is 2.13. The Morgan fingerprint density at radius 2 is 2.16 bits per heavy atom. The van der Waals surface area contributed by atoms with E-state index in [0.717, 1.165) is 42.1 Å². The van der Waals surface area contributed by atoms with E-state index in [4.69, 9.17) is 15.5 Å². The molecule has 1 heterocycles. The fourth-order valence-electron chi connectivity index (χ4n) is 2.32. The van der Waals surface area contributed by atoms with Crippen molar-refractivity contribution in [2.24, 2.45) is 5.73 Å². The van der Waals surface area contributed by atoms with Gasteiger partial charge >= 0.3 is 0 Å². The second kappa shape index (κ2) is 6.06. The molecule has 1 aromatic carbocycles. The number of benzene rings is 1. The molecule has 4 heteroatoms. The highest BCUT2D eigenvalue weighted by atomic mass is 16.5. The van der Waals surface area contributed by atoms with Gasteiger partial charge in [-0.05, 0) is 38.9 Å². The molecule has 0 saturated carbocycles. The summed E-state index contributed by atoms with van der Waals surface area (Å²) >= 11 is 0. The smallest absolute Gasteiger partial charge is 0.121 e. The normalized spacial score (nSPS) is 11.4. The molecule has 2 aromatic rings. The predicted molar refractivity (Wildman–Crippen MR) is 78.7 cm³/mol. The molecule has 0 saturated heterocycles. The van der Waals surface area contributed by atoms with Crippen molar-refractivity contribution in [3.05, 3.63) is 24.0 Å². The number of hydrogen-bond donors (Lipinski definition) is 1. The van der Waals surface area contributed by atoms with Crippen molar-refractivity contribution in [2.75, 3.05) is 13.2 Å². The van der Waals surface area contributed by atoms with E-state index < -0.39 is 0 Å². The highest BCUT2D eigenvalue weighted by Crippen LogP contribution is 2.25. The first-order valence-electron chi connectivity index (χ1n) is 7.01. The molecule has 2 N–H and O–H groups in total. The van der Waals surface area contributed by atoms with Gasteiger partial charge in [0.05, 0.1) is 17.6 Å². The van der Waals surface area contributed by atoms with Crippen molar-refractivity contribution in [1.29, 1.82) is 0 Å². The largest absolute Gasteiger partial charge is 0.494 e. The van der Waals surface area contributed by atoms with Gasteiger partial charge in [-0.3, -0.25) is 0 Å². The third-order valence-electron chi connectivity index (χ3n) is 3.09. The van der Waals surface area contributed by atoms with Crippen LogP contribution in [-0.4, -0.2) is 22.7 Å². The second-order valence-corrected chi connectivity index (χ2v) is 5.03. The van der Waals surface area contributed by atoms with Gasteiger partial charge in [-0.2, -0.15) is 0 Å². The number of rotatable bonds is 6. The lowest BCUT2D eigenvalue weighted by Gasteiger charge is -2.12. The molecular weight excluding hydrogens is 238 g/mol. The Kier molecular flexibility index (Phi) is 4.43. The summed E-state index contributed by atoms with van der Waals surface area (Å²) in [6, 6.07) is 6.51. The zero-order valence-electron chi connectivity index (χ0n) is 12.0. The van der Waals surface area contributed by atoms with E-state index >= 15 is 0 Å². The van der Waals surface area contributed by atoms with Gasteiger partial charge in [-0.1, -0.05) is 6.92 Å². The summed E-state index contributed by atoms with van der Waals surface area (Å²) in [5, 5.41) is 0. The van der Waals surface area contributed by atoms with Gasteiger partial charge in [-0.25, -0.2) is 4.98 Å². The molecule has 0 radical (unpaired) electrons. The Bertz CT molecular complexity index is 546. The van der Waals surface area contributed by atoms with E-state index in [1.165, 1.54) is 0 Å². The van der Waals surface area contributed by atoms with E-state index in [2.05, 4.69) is 31.4 Å². The second-order valence-electron chi connectivity index (χ2n) is 5.03. The minimum absolute atomic E-state index is 0.383. The van der Waals surface area contributed by atoms with E-state index in [1.807, 2.05) is 12.1 Å². The van der Waals surface area contributed by atoms with E-state index in [1.54, 1.807) is 0 Å². The average molecular weight is 261 g/mol. The van der Waals surface area contributed by atoms with Crippen molar-refractivity contribution < 1.29 is 4.74 Å². The number of hydrogen-bond acceptors (Lipinski definition) is 3. The zero-order chi connectivity index (χ0) is 13.8. The van der Waals surface area contributed by atoms with Gasteiger partial charge in [0.1, 0.15) is 11.6 Å². The van der Waals surface area contributed by atoms with Crippen LogP contribution in [0.3, 0.4) is 0 Å². The molecular formula is C15H23N3O. The lowest BCUT2D eigenvalue weighted by atomic mass is 10.2. The van der Waals surface area contributed by atoms with Crippen LogP contribution in [0.4, 0.5) is 0 Å². The van der Waals surface area contributed by atoms with Crippen LogP contribution in [-0.2, 0) is 6.42 Å². The molecule has 0 aliphatic heterocycles. The molecule has 0 fully saturated rings. The van der Waals surface area contributed by atoms with Gasteiger partial charge in [0, 0.05) is 18.5 Å². The third-order valence-corrected chi connectivity index (χ3v) is 3.09. The molecule has 4 nitrogen and oxygen atoms in total. The summed E-state index contributed by atoms with van der Waals surface area (Å²) in [6.07, 6.45) is 1.81. The Balaban J connectivity index is 2.43. The Morgan fingerprint density at radius 1 is 1.37 bits per heavy atom.